The number of carbonyl (C=O) groups excluding carboxylic acids is 1. The third-order valence-electron chi connectivity index (χ3n) is 5.74. The Bertz CT molecular complexity index is 663. The summed E-state index contributed by atoms with van der Waals surface area (Å²) in [6.45, 7) is 2.32. The summed E-state index contributed by atoms with van der Waals surface area (Å²) < 4.78 is 11.0. The Morgan fingerprint density at radius 2 is 1.93 bits per heavy atom. The third kappa shape index (κ3) is 5.63. The van der Waals surface area contributed by atoms with E-state index in [1.165, 1.54) is 31.9 Å². The molecule has 154 valence electrons. The van der Waals surface area contributed by atoms with Gasteiger partial charge in [0.1, 0.15) is 5.75 Å². The van der Waals surface area contributed by atoms with E-state index in [0.29, 0.717) is 12.6 Å². The predicted molar refractivity (Wildman–Crippen MR) is 110 cm³/mol. The average Bonchev–Trinajstić information content (AvgIpc) is 2.75. The van der Waals surface area contributed by atoms with Crippen LogP contribution >= 0.6 is 0 Å². The molecule has 1 aromatic carbocycles. The molecule has 1 aliphatic carbocycles. The van der Waals surface area contributed by atoms with Gasteiger partial charge in [0.05, 0.1) is 19.1 Å². The molecule has 1 aromatic rings. The lowest BCUT2D eigenvalue weighted by Gasteiger charge is -2.33. The smallest absolute Gasteiger partial charge is 0.308 e. The zero-order chi connectivity index (χ0) is 19.8. The highest BCUT2D eigenvalue weighted by Gasteiger charge is 2.26. The van der Waals surface area contributed by atoms with Gasteiger partial charge in [-0.15, -0.1) is 0 Å². The molecule has 1 saturated carbocycles. The van der Waals surface area contributed by atoms with Crippen molar-refractivity contribution in [1.82, 2.24) is 10.2 Å². The third-order valence-corrected chi connectivity index (χ3v) is 5.74. The van der Waals surface area contributed by atoms with Gasteiger partial charge in [0.15, 0.2) is 5.96 Å². The first-order valence-electron chi connectivity index (χ1n) is 10.5. The maximum Gasteiger partial charge on any atom is 0.308 e. The molecule has 1 saturated heterocycles. The van der Waals surface area contributed by atoms with Crippen LogP contribution in [0.2, 0.25) is 0 Å². The number of rotatable bonds is 5. The van der Waals surface area contributed by atoms with Crippen molar-refractivity contribution >= 4 is 11.9 Å². The average molecular weight is 388 g/mol. The molecule has 0 spiro atoms. The Balaban J connectivity index is 1.50. The molecule has 1 N–H and O–H groups in total. The van der Waals surface area contributed by atoms with Crippen LogP contribution in [-0.4, -0.2) is 50.2 Å². The van der Waals surface area contributed by atoms with Gasteiger partial charge in [-0.1, -0.05) is 18.6 Å². The van der Waals surface area contributed by atoms with Crippen LogP contribution in [-0.2, 0) is 16.1 Å². The van der Waals surface area contributed by atoms with E-state index in [1.54, 1.807) is 7.05 Å². The van der Waals surface area contributed by atoms with E-state index in [-0.39, 0.29) is 11.9 Å². The maximum absolute atomic E-state index is 11.7. The summed E-state index contributed by atoms with van der Waals surface area (Å²) in [6, 6.07) is 8.33. The molecule has 0 radical (unpaired) electrons. The highest BCUT2D eigenvalue weighted by molar-refractivity contribution is 5.80. The number of benzene rings is 1. The second-order valence-corrected chi connectivity index (χ2v) is 7.71. The van der Waals surface area contributed by atoms with E-state index in [0.717, 1.165) is 50.5 Å². The first kappa shape index (κ1) is 20.5. The van der Waals surface area contributed by atoms with E-state index < -0.39 is 0 Å². The van der Waals surface area contributed by atoms with Crippen molar-refractivity contribution in [2.24, 2.45) is 10.9 Å². The number of methoxy groups -OCH3 is 1. The van der Waals surface area contributed by atoms with Crippen LogP contribution < -0.4 is 10.1 Å². The Labute approximate surface area is 168 Å². The van der Waals surface area contributed by atoms with Gasteiger partial charge < -0.3 is 19.7 Å². The number of esters is 1. The minimum atomic E-state index is -0.0997. The Morgan fingerprint density at radius 3 is 2.61 bits per heavy atom. The van der Waals surface area contributed by atoms with Crippen LogP contribution in [0.25, 0.3) is 0 Å². The molecule has 1 heterocycles. The lowest BCUT2D eigenvalue weighted by Crippen LogP contribution is -2.46. The van der Waals surface area contributed by atoms with Crippen LogP contribution in [0.3, 0.4) is 0 Å². The van der Waals surface area contributed by atoms with Crippen LogP contribution in [0.1, 0.15) is 50.5 Å². The van der Waals surface area contributed by atoms with Gasteiger partial charge in [-0.05, 0) is 56.2 Å². The summed E-state index contributed by atoms with van der Waals surface area (Å²) in [7, 11) is 3.26. The Morgan fingerprint density at radius 1 is 1.18 bits per heavy atom. The highest BCUT2D eigenvalue weighted by atomic mass is 16.5. The van der Waals surface area contributed by atoms with Crippen LogP contribution in [0.4, 0.5) is 0 Å². The van der Waals surface area contributed by atoms with E-state index >= 15 is 0 Å². The molecule has 1 aliphatic heterocycles. The van der Waals surface area contributed by atoms with Crippen molar-refractivity contribution in [3.05, 3.63) is 29.8 Å². The van der Waals surface area contributed by atoms with Crippen LogP contribution in [0.5, 0.6) is 5.75 Å². The Kier molecular flexibility index (Phi) is 7.57. The summed E-state index contributed by atoms with van der Waals surface area (Å²) in [6.07, 6.45) is 8.17. The minimum absolute atomic E-state index is 0.00738. The summed E-state index contributed by atoms with van der Waals surface area (Å²) in [5, 5.41) is 3.45. The fourth-order valence-corrected chi connectivity index (χ4v) is 4.11. The highest BCUT2D eigenvalue weighted by Crippen LogP contribution is 2.24. The van der Waals surface area contributed by atoms with E-state index in [9.17, 15) is 4.79 Å². The lowest BCUT2D eigenvalue weighted by molar-refractivity contribution is -0.146. The molecular formula is C22H33N3O3. The quantitative estimate of drug-likeness (QED) is 0.477. The number of ether oxygens (including phenoxy) is 2. The number of hydrogen-bond donors (Lipinski definition) is 1. The van der Waals surface area contributed by atoms with Crippen molar-refractivity contribution in [1.29, 1.82) is 0 Å². The number of guanidine groups is 1. The van der Waals surface area contributed by atoms with Gasteiger partial charge >= 0.3 is 5.97 Å². The summed E-state index contributed by atoms with van der Waals surface area (Å²) in [5.41, 5.74) is 1.18. The molecule has 0 unspecified atom stereocenters. The van der Waals surface area contributed by atoms with E-state index in [2.05, 4.69) is 33.4 Å². The van der Waals surface area contributed by atoms with Crippen molar-refractivity contribution in [2.45, 2.75) is 57.6 Å². The normalized spacial score (nSPS) is 19.4. The van der Waals surface area contributed by atoms with Gasteiger partial charge in [0.2, 0.25) is 0 Å². The number of piperidine rings is 1. The largest absolute Gasteiger partial charge is 0.490 e. The van der Waals surface area contributed by atoms with Gasteiger partial charge in [0.25, 0.3) is 0 Å². The zero-order valence-electron chi connectivity index (χ0n) is 17.2. The van der Waals surface area contributed by atoms with Crippen molar-refractivity contribution in [3.63, 3.8) is 0 Å². The number of nitrogens with zero attached hydrogens (tertiary/aromatic N) is 2. The van der Waals surface area contributed by atoms with E-state index in [1.807, 2.05) is 6.07 Å². The van der Waals surface area contributed by atoms with Gasteiger partial charge in [-0.2, -0.15) is 0 Å². The molecule has 28 heavy (non-hydrogen) atoms. The number of aliphatic imine (C=N–C) groups is 1. The summed E-state index contributed by atoms with van der Waals surface area (Å²) in [4.78, 5) is 18.3. The standard InChI is InChI=1S/C22H33N3O3/c1-23-22(25-13-11-18(12-14-25)21(26)27-2)24-16-17-7-6-10-20(15-17)28-19-8-4-3-5-9-19/h6-7,10,15,18-19H,3-5,8-9,11-14,16H2,1-2H3,(H,23,24). The van der Waals surface area contributed by atoms with Crippen LogP contribution in [0, 0.1) is 5.92 Å². The van der Waals surface area contributed by atoms with Gasteiger partial charge in [-0.25, -0.2) is 0 Å². The number of carbonyl (C=O) groups is 1. The topological polar surface area (TPSA) is 63.2 Å². The Hall–Kier alpha value is -2.24. The SMILES string of the molecule is CN=C(NCc1cccc(OC2CCCCC2)c1)N1CCC(C(=O)OC)CC1. The molecule has 3 rings (SSSR count). The molecule has 2 fully saturated rings. The van der Waals surface area contributed by atoms with E-state index in [4.69, 9.17) is 9.47 Å². The second-order valence-electron chi connectivity index (χ2n) is 7.71. The maximum atomic E-state index is 11.7. The minimum Gasteiger partial charge on any atom is -0.490 e. The van der Waals surface area contributed by atoms with Crippen molar-refractivity contribution < 1.29 is 14.3 Å². The molecule has 0 aromatic heterocycles. The first-order valence-corrected chi connectivity index (χ1v) is 10.5. The second kappa shape index (κ2) is 10.3. The monoisotopic (exact) mass is 387 g/mol. The van der Waals surface area contributed by atoms with Gasteiger partial charge in [-0.3, -0.25) is 9.79 Å². The molecule has 6 nitrogen and oxygen atoms in total. The first-order chi connectivity index (χ1) is 13.7. The van der Waals surface area contributed by atoms with Crippen molar-refractivity contribution in [3.8, 4) is 5.75 Å². The predicted octanol–water partition coefficient (Wildman–Crippen LogP) is 3.36. The lowest BCUT2D eigenvalue weighted by atomic mass is 9.97. The molecule has 2 aliphatic rings. The molecular weight excluding hydrogens is 354 g/mol. The zero-order valence-corrected chi connectivity index (χ0v) is 17.2. The van der Waals surface area contributed by atoms with Gasteiger partial charge in [0, 0.05) is 26.7 Å². The summed E-state index contributed by atoms with van der Waals surface area (Å²) in [5.74, 6) is 1.74. The molecule has 0 amide bonds. The number of hydrogen-bond acceptors (Lipinski definition) is 4. The van der Waals surface area contributed by atoms with Crippen LogP contribution in [0.15, 0.2) is 29.3 Å². The number of likely N-dealkylation sites (tertiary alicyclic amines) is 1. The number of nitrogens with one attached hydrogen (secondary N) is 1. The van der Waals surface area contributed by atoms with Crippen molar-refractivity contribution in [2.75, 3.05) is 27.2 Å². The molecule has 0 atom stereocenters. The molecule has 0 bridgehead atoms. The molecule has 6 heteroatoms. The fourth-order valence-electron chi connectivity index (χ4n) is 4.11. The fraction of sp³-hybridized carbons (Fsp3) is 0.636. The summed E-state index contributed by atoms with van der Waals surface area (Å²) >= 11 is 0.